The number of fused-ring (bicyclic) bond motifs is 1. The Bertz CT molecular complexity index is 1400. The van der Waals surface area contributed by atoms with Crippen LogP contribution in [0.4, 0.5) is 8.78 Å². The van der Waals surface area contributed by atoms with Crippen molar-refractivity contribution in [1.29, 1.82) is 0 Å². The summed E-state index contributed by atoms with van der Waals surface area (Å²) in [6, 6.07) is 8.04. The van der Waals surface area contributed by atoms with Gasteiger partial charge in [0.05, 0.1) is 14.2 Å². The highest BCUT2D eigenvalue weighted by Crippen LogP contribution is 2.26. The van der Waals surface area contributed by atoms with Crippen LogP contribution in [0.3, 0.4) is 0 Å². The van der Waals surface area contributed by atoms with Crippen LogP contribution in [0.15, 0.2) is 52.0 Å². The Balaban J connectivity index is 1.48. The molecule has 11 heteroatoms. The second-order valence-corrected chi connectivity index (χ2v) is 7.32. The number of carbonyl (C=O) groups excluding carboxylic acids is 1. The molecule has 0 spiro atoms. The molecule has 0 atom stereocenters. The number of benzene rings is 2. The number of hydrogen-bond acceptors (Lipinski definition) is 7. The average molecular weight is 470 g/mol. The first kappa shape index (κ1) is 22.9. The van der Waals surface area contributed by atoms with E-state index in [4.69, 9.17) is 14.0 Å². The molecule has 4 rings (SSSR count). The van der Waals surface area contributed by atoms with Crippen LogP contribution >= 0.6 is 0 Å². The molecule has 0 aliphatic heterocycles. The zero-order valence-electron chi connectivity index (χ0n) is 18.3. The molecule has 1 N–H and O–H groups in total. The third kappa shape index (κ3) is 4.72. The molecule has 2 aromatic carbocycles. The molecule has 0 bridgehead atoms. The average Bonchev–Trinajstić information content (AvgIpc) is 3.26. The van der Waals surface area contributed by atoms with E-state index < -0.39 is 17.2 Å². The first-order chi connectivity index (χ1) is 16.4. The van der Waals surface area contributed by atoms with E-state index in [1.165, 1.54) is 18.0 Å². The number of ether oxygens (including phenoxy) is 2. The van der Waals surface area contributed by atoms with Gasteiger partial charge in [0, 0.05) is 42.8 Å². The maximum absolute atomic E-state index is 13.6. The monoisotopic (exact) mass is 470 g/mol. The van der Waals surface area contributed by atoms with E-state index in [0.29, 0.717) is 17.6 Å². The lowest BCUT2D eigenvalue weighted by Gasteiger charge is -2.11. The zero-order chi connectivity index (χ0) is 24.2. The predicted octanol–water partition coefficient (Wildman–Crippen LogP) is 3.05. The minimum atomic E-state index is -0.819. The van der Waals surface area contributed by atoms with Gasteiger partial charge in [-0.05, 0) is 24.3 Å². The smallest absolute Gasteiger partial charge is 0.266 e. The molecule has 176 valence electrons. The molecule has 0 saturated heterocycles. The molecule has 0 saturated carbocycles. The van der Waals surface area contributed by atoms with Crippen molar-refractivity contribution in [2.45, 2.75) is 19.5 Å². The molecule has 2 heterocycles. The number of rotatable bonds is 8. The SMILES string of the molecule is COc1ccc(CNC(=O)CCn2cnc3onc(-c4cc(F)cc(F)c4)c3c2=O)c(OC)c1. The normalized spacial score (nSPS) is 10.9. The number of methoxy groups -OCH3 is 2. The van der Waals surface area contributed by atoms with Gasteiger partial charge in [0.15, 0.2) is 0 Å². The van der Waals surface area contributed by atoms with Gasteiger partial charge < -0.3 is 19.3 Å². The quantitative estimate of drug-likeness (QED) is 0.422. The number of nitrogens with one attached hydrogen (secondary N) is 1. The van der Waals surface area contributed by atoms with Gasteiger partial charge in [0.1, 0.15) is 40.5 Å². The summed E-state index contributed by atoms with van der Waals surface area (Å²) in [7, 11) is 3.07. The summed E-state index contributed by atoms with van der Waals surface area (Å²) in [5.74, 6) is -0.744. The second kappa shape index (κ2) is 9.69. The largest absolute Gasteiger partial charge is 0.497 e. The summed E-state index contributed by atoms with van der Waals surface area (Å²) in [5.41, 5.74) is 0.149. The minimum absolute atomic E-state index is 0.0131. The van der Waals surface area contributed by atoms with Gasteiger partial charge in [0.2, 0.25) is 5.91 Å². The summed E-state index contributed by atoms with van der Waals surface area (Å²) in [5, 5.41) is 6.49. The summed E-state index contributed by atoms with van der Waals surface area (Å²) in [4.78, 5) is 29.4. The highest BCUT2D eigenvalue weighted by molar-refractivity contribution is 5.88. The topological polar surface area (TPSA) is 108 Å². The fraction of sp³-hybridized carbons (Fsp3) is 0.217. The van der Waals surface area contributed by atoms with Crippen molar-refractivity contribution in [1.82, 2.24) is 20.0 Å². The number of aryl methyl sites for hydroxylation is 1. The molecule has 9 nitrogen and oxygen atoms in total. The maximum atomic E-state index is 13.6. The Morgan fingerprint density at radius 3 is 2.59 bits per heavy atom. The van der Waals surface area contributed by atoms with E-state index in [9.17, 15) is 18.4 Å². The summed E-state index contributed by atoms with van der Waals surface area (Å²) >= 11 is 0. The van der Waals surface area contributed by atoms with Crippen molar-refractivity contribution in [3.8, 4) is 22.8 Å². The molecule has 0 aliphatic carbocycles. The first-order valence-corrected chi connectivity index (χ1v) is 10.2. The molecular formula is C23H20F2N4O5. The van der Waals surface area contributed by atoms with E-state index >= 15 is 0 Å². The lowest BCUT2D eigenvalue weighted by molar-refractivity contribution is -0.121. The Hall–Kier alpha value is -4.28. The number of hydrogen-bond donors (Lipinski definition) is 1. The molecular weight excluding hydrogens is 450 g/mol. The Labute approximate surface area is 191 Å². The summed E-state index contributed by atoms with van der Waals surface area (Å²) < 4.78 is 44.0. The lowest BCUT2D eigenvalue weighted by Crippen LogP contribution is -2.27. The van der Waals surface area contributed by atoms with E-state index in [1.807, 2.05) is 0 Å². The minimum Gasteiger partial charge on any atom is -0.497 e. The van der Waals surface area contributed by atoms with Crippen molar-refractivity contribution < 1.29 is 27.6 Å². The standard InChI is InChI=1S/C23H20F2N4O5/c1-32-17-4-3-13(18(10-17)33-2)11-26-19(30)5-6-29-12-27-22-20(23(29)31)21(28-34-22)14-7-15(24)9-16(25)8-14/h3-4,7-10,12H,5-6,11H2,1-2H3,(H,26,30). The van der Waals surface area contributed by atoms with Crippen LogP contribution in [-0.4, -0.2) is 34.8 Å². The molecule has 4 aromatic rings. The highest BCUT2D eigenvalue weighted by Gasteiger charge is 2.18. The van der Waals surface area contributed by atoms with E-state index in [2.05, 4.69) is 15.5 Å². The molecule has 1 amide bonds. The fourth-order valence-electron chi connectivity index (χ4n) is 3.43. The van der Waals surface area contributed by atoms with Gasteiger partial charge in [-0.25, -0.2) is 13.8 Å². The van der Waals surface area contributed by atoms with Gasteiger partial charge in [0.25, 0.3) is 11.3 Å². The molecule has 34 heavy (non-hydrogen) atoms. The summed E-state index contributed by atoms with van der Waals surface area (Å²) in [6.45, 7) is 0.245. The second-order valence-electron chi connectivity index (χ2n) is 7.32. The molecule has 0 unspecified atom stereocenters. The number of aromatic nitrogens is 3. The number of nitrogens with zero attached hydrogens (tertiary/aromatic N) is 3. The van der Waals surface area contributed by atoms with Gasteiger partial charge >= 0.3 is 0 Å². The van der Waals surface area contributed by atoms with Crippen molar-refractivity contribution in [3.05, 3.63) is 70.3 Å². The summed E-state index contributed by atoms with van der Waals surface area (Å²) in [6.07, 6.45) is 1.21. The third-order valence-corrected chi connectivity index (χ3v) is 5.15. The predicted molar refractivity (Wildman–Crippen MR) is 117 cm³/mol. The van der Waals surface area contributed by atoms with Crippen molar-refractivity contribution in [2.24, 2.45) is 0 Å². The maximum Gasteiger partial charge on any atom is 0.266 e. The number of carbonyl (C=O) groups is 1. The Morgan fingerprint density at radius 2 is 1.88 bits per heavy atom. The molecule has 0 radical (unpaired) electrons. The van der Waals surface area contributed by atoms with Crippen LogP contribution in [0.25, 0.3) is 22.4 Å². The lowest BCUT2D eigenvalue weighted by atomic mass is 10.1. The first-order valence-electron chi connectivity index (χ1n) is 10.2. The number of amides is 1. The fourth-order valence-corrected chi connectivity index (χ4v) is 3.43. The Kier molecular flexibility index (Phi) is 6.53. The molecule has 2 aromatic heterocycles. The van der Waals surface area contributed by atoms with E-state index in [-0.39, 0.29) is 47.8 Å². The third-order valence-electron chi connectivity index (χ3n) is 5.15. The van der Waals surface area contributed by atoms with Crippen molar-refractivity contribution in [3.63, 3.8) is 0 Å². The van der Waals surface area contributed by atoms with Crippen LogP contribution in [0, 0.1) is 11.6 Å². The van der Waals surface area contributed by atoms with Crippen LogP contribution in [0.5, 0.6) is 11.5 Å². The van der Waals surface area contributed by atoms with Gasteiger partial charge in [-0.15, -0.1) is 0 Å². The number of halogens is 2. The Morgan fingerprint density at radius 1 is 1.12 bits per heavy atom. The van der Waals surface area contributed by atoms with Gasteiger partial charge in [-0.1, -0.05) is 5.16 Å². The van der Waals surface area contributed by atoms with Crippen LogP contribution in [0.1, 0.15) is 12.0 Å². The van der Waals surface area contributed by atoms with Crippen LogP contribution < -0.4 is 20.3 Å². The highest BCUT2D eigenvalue weighted by atomic mass is 19.1. The van der Waals surface area contributed by atoms with Crippen LogP contribution in [-0.2, 0) is 17.9 Å². The van der Waals surface area contributed by atoms with E-state index in [0.717, 1.165) is 17.7 Å². The van der Waals surface area contributed by atoms with Gasteiger partial charge in [-0.2, -0.15) is 0 Å². The molecule has 0 fully saturated rings. The van der Waals surface area contributed by atoms with Crippen LogP contribution in [0.2, 0.25) is 0 Å². The van der Waals surface area contributed by atoms with Gasteiger partial charge in [-0.3, -0.25) is 14.2 Å². The van der Waals surface area contributed by atoms with E-state index in [1.54, 1.807) is 25.3 Å². The zero-order valence-corrected chi connectivity index (χ0v) is 18.3. The van der Waals surface area contributed by atoms with Crippen molar-refractivity contribution >= 4 is 17.0 Å². The molecule has 0 aliphatic rings. The van der Waals surface area contributed by atoms with Crippen molar-refractivity contribution in [2.75, 3.05) is 14.2 Å².